The first-order valence-corrected chi connectivity index (χ1v) is 12.5. The summed E-state index contributed by atoms with van der Waals surface area (Å²) >= 11 is 0. The minimum atomic E-state index is -2.23. The minimum Gasteiger partial charge on any atom is -0.465 e. The molecule has 192 valence electrons. The largest absolute Gasteiger partial charge is 0.465 e. The fraction of sp³-hybridized carbons (Fsp3) is 0.333. The Bertz CT molecular complexity index is 1240. The molecule has 1 amide bonds. The van der Waals surface area contributed by atoms with E-state index in [1.54, 1.807) is 6.92 Å². The van der Waals surface area contributed by atoms with Crippen LogP contribution in [0, 0.1) is 19.3 Å². The lowest BCUT2D eigenvalue weighted by molar-refractivity contribution is -0.497. The molecule has 1 N–H and O–H groups in total. The van der Waals surface area contributed by atoms with Gasteiger partial charge in [0.05, 0.1) is 13.2 Å². The van der Waals surface area contributed by atoms with Gasteiger partial charge in [-0.05, 0) is 37.5 Å². The molecule has 0 saturated carbocycles. The summed E-state index contributed by atoms with van der Waals surface area (Å²) in [6, 6.07) is 24.7. The van der Waals surface area contributed by atoms with Gasteiger partial charge in [0.15, 0.2) is 5.60 Å². The highest BCUT2D eigenvalue weighted by Gasteiger charge is 2.76. The number of hydrogen-bond acceptors (Lipinski definition) is 6. The lowest BCUT2D eigenvalue weighted by Gasteiger charge is -2.48. The second-order valence-electron chi connectivity index (χ2n) is 9.96. The van der Waals surface area contributed by atoms with E-state index in [-0.39, 0.29) is 26.1 Å². The van der Waals surface area contributed by atoms with Gasteiger partial charge in [-0.2, -0.15) is 4.89 Å². The van der Waals surface area contributed by atoms with Crippen molar-refractivity contribution in [3.05, 3.63) is 107 Å². The first-order valence-electron chi connectivity index (χ1n) is 12.5. The Morgan fingerprint density at radius 1 is 0.919 bits per heavy atom. The highest BCUT2D eigenvalue weighted by Crippen LogP contribution is 2.57. The standard InChI is InChI=1S/C30H31NO6/c1-4-35-27(33)28-19-29(24-14-10-21(2)11-15-24,25-16-12-22(3)13-17-25)36-37-30(28,34)20-31(26(28)32)18-23-8-6-5-7-9-23/h5-17,34H,4,18-20H2,1-3H3/t28-,30+/m1/s1. The van der Waals surface area contributed by atoms with Crippen LogP contribution in [0.2, 0.25) is 0 Å². The third-order valence-electron chi connectivity index (χ3n) is 7.44. The van der Waals surface area contributed by atoms with Crippen molar-refractivity contribution < 1.29 is 29.2 Å². The van der Waals surface area contributed by atoms with Gasteiger partial charge in [0.2, 0.25) is 17.1 Å². The molecule has 2 aliphatic heterocycles. The molecule has 2 fully saturated rings. The molecule has 0 unspecified atom stereocenters. The molecular formula is C30H31NO6. The van der Waals surface area contributed by atoms with E-state index in [1.807, 2.05) is 92.7 Å². The molecule has 2 atom stereocenters. The van der Waals surface area contributed by atoms with E-state index in [1.165, 1.54) is 4.90 Å². The number of aliphatic hydroxyl groups is 1. The molecule has 7 nitrogen and oxygen atoms in total. The van der Waals surface area contributed by atoms with Crippen LogP contribution in [-0.2, 0) is 36.2 Å². The van der Waals surface area contributed by atoms with E-state index in [2.05, 4.69) is 0 Å². The zero-order valence-corrected chi connectivity index (χ0v) is 21.3. The van der Waals surface area contributed by atoms with Crippen LogP contribution in [-0.4, -0.2) is 40.8 Å². The molecule has 0 aromatic heterocycles. The topological polar surface area (TPSA) is 85.3 Å². The lowest BCUT2D eigenvalue weighted by atomic mass is 9.67. The van der Waals surface area contributed by atoms with Gasteiger partial charge in [-0.1, -0.05) is 90.0 Å². The molecule has 0 aliphatic carbocycles. The molecule has 0 bridgehead atoms. The Morgan fingerprint density at radius 2 is 1.49 bits per heavy atom. The number of β-amino-alcohol motifs (C(OH)–C–C–N with tert-alkyl or cyclic N) is 1. The van der Waals surface area contributed by atoms with Gasteiger partial charge in [0.25, 0.3) is 0 Å². The fourth-order valence-corrected chi connectivity index (χ4v) is 5.37. The van der Waals surface area contributed by atoms with Crippen LogP contribution in [0.1, 0.15) is 41.2 Å². The third kappa shape index (κ3) is 4.03. The van der Waals surface area contributed by atoms with Crippen LogP contribution in [0.15, 0.2) is 78.9 Å². The van der Waals surface area contributed by atoms with Crippen molar-refractivity contribution in [2.75, 3.05) is 13.2 Å². The van der Waals surface area contributed by atoms with Gasteiger partial charge < -0.3 is 14.7 Å². The van der Waals surface area contributed by atoms with E-state index in [4.69, 9.17) is 14.5 Å². The van der Waals surface area contributed by atoms with Crippen molar-refractivity contribution in [1.82, 2.24) is 4.90 Å². The summed E-state index contributed by atoms with van der Waals surface area (Å²) in [6.07, 6.45) is -0.189. The highest BCUT2D eigenvalue weighted by atomic mass is 17.2. The maximum atomic E-state index is 14.2. The maximum absolute atomic E-state index is 14.2. The molecule has 0 spiro atoms. The van der Waals surface area contributed by atoms with Gasteiger partial charge in [-0.25, -0.2) is 4.89 Å². The smallest absolute Gasteiger partial charge is 0.327 e. The number of carbonyl (C=O) groups excluding carboxylic acids is 2. The molecule has 5 rings (SSSR count). The van der Waals surface area contributed by atoms with Crippen LogP contribution >= 0.6 is 0 Å². The molecule has 2 heterocycles. The van der Waals surface area contributed by atoms with Crippen LogP contribution in [0.4, 0.5) is 0 Å². The fourth-order valence-electron chi connectivity index (χ4n) is 5.37. The number of ether oxygens (including phenoxy) is 1. The van der Waals surface area contributed by atoms with Crippen molar-refractivity contribution in [2.24, 2.45) is 5.41 Å². The van der Waals surface area contributed by atoms with E-state index in [9.17, 15) is 14.7 Å². The van der Waals surface area contributed by atoms with E-state index < -0.39 is 28.7 Å². The number of esters is 1. The van der Waals surface area contributed by atoms with Gasteiger partial charge in [0.1, 0.15) is 0 Å². The van der Waals surface area contributed by atoms with Gasteiger partial charge in [-0.3, -0.25) is 9.59 Å². The Balaban J connectivity index is 1.66. The summed E-state index contributed by atoms with van der Waals surface area (Å²) in [5, 5.41) is 11.8. The second kappa shape index (κ2) is 9.41. The summed E-state index contributed by atoms with van der Waals surface area (Å²) in [4.78, 5) is 41.2. The molecule has 3 aromatic rings. The predicted octanol–water partition coefficient (Wildman–Crippen LogP) is 4.18. The molecule has 0 radical (unpaired) electrons. The first-order chi connectivity index (χ1) is 17.7. The number of likely N-dealkylation sites (tertiary alicyclic amines) is 1. The van der Waals surface area contributed by atoms with Gasteiger partial charge >= 0.3 is 5.97 Å². The van der Waals surface area contributed by atoms with Gasteiger partial charge in [0, 0.05) is 13.0 Å². The Hall–Kier alpha value is -3.52. The molecular weight excluding hydrogens is 470 g/mol. The number of nitrogens with zero attached hydrogens (tertiary/aromatic N) is 1. The predicted molar refractivity (Wildman–Crippen MR) is 136 cm³/mol. The molecule has 37 heavy (non-hydrogen) atoms. The first kappa shape index (κ1) is 25.1. The van der Waals surface area contributed by atoms with Crippen LogP contribution in [0.3, 0.4) is 0 Å². The summed E-state index contributed by atoms with van der Waals surface area (Å²) in [7, 11) is 0. The molecule has 7 heteroatoms. The second-order valence-corrected chi connectivity index (χ2v) is 9.96. The number of benzene rings is 3. The highest BCUT2D eigenvalue weighted by molar-refractivity contribution is 6.06. The number of fused-ring (bicyclic) bond motifs is 1. The van der Waals surface area contributed by atoms with Crippen molar-refractivity contribution in [3.63, 3.8) is 0 Å². The summed E-state index contributed by atoms with van der Waals surface area (Å²) in [5.41, 5.74) is 0.958. The minimum absolute atomic E-state index is 0.0472. The summed E-state index contributed by atoms with van der Waals surface area (Å²) in [5.74, 6) is -3.61. The summed E-state index contributed by atoms with van der Waals surface area (Å²) in [6.45, 7) is 5.63. The van der Waals surface area contributed by atoms with E-state index in [0.717, 1.165) is 16.7 Å². The van der Waals surface area contributed by atoms with Crippen molar-refractivity contribution in [2.45, 2.75) is 45.1 Å². The zero-order valence-electron chi connectivity index (χ0n) is 21.3. The van der Waals surface area contributed by atoms with Crippen LogP contribution < -0.4 is 0 Å². The third-order valence-corrected chi connectivity index (χ3v) is 7.44. The molecule has 2 aliphatic rings. The zero-order chi connectivity index (χ0) is 26.3. The van der Waals surface area contributed by atoms with Crippen molar-refractivity contribution >= 4 is 11.9 Å². The van der Waals surface area contributed by atoms with Crippen LogP contribution in [0.5, 0.6) is 0 Å². The average Bonchev–Trinajstić information content (AvgIpc) is 3.12. The monoisotopic (exact) mass is 501 g/mol. The normalized spacial score (nSPS) is 24.5. The van der Waals surface area contributed by atoms with E-state index in [0.29, 0.717) is 11.1 Å². The number of carbonyl (C=O) groups is 2. The van der Waals surface area contributed by atoms with Crippen molar-refractivity contribution in [1.29, 1.82) is 0 Å². The average molecular weight is 502 g/mol. The van der Waals surface area contributed by atoms with Gasteiger partial charge in [-0.15, -0.1) is 0 Å². The maximum Gasteiger partial charge on any atom is 0.327 e. The molecule has 2 saturated heterocycles. The lowest BCUT2D eigenvalue weighted by Crippen LogP contribution is -2.64. The Morgan fingerprint density at radius 3 is 2.03 bits per heavy atom. The SMILES string of the molecule is CCOC(=O)[C@]12CC(c3ccc(C)cc3)(c3ccc(C)cc3)OO[C@@]1(O)CN(Cc1ccccc1)C2=O. The molecule has 3 aromatic carbocycles. The Labute approximate surface area is 216 Å². The number of amides is 1. The van der Waals surface area contributed by atoms with Crippen LogP contribution in [0.25, 0.3) is 0 Å². The number of rotatable bonds is 6. The number of hydrogen-bond donors (Lipinski definition) is 1. The quantitative estimate of drug-likeness (QED) is 0.310. The van der Waals surface area contributed by atoms with Crippen molar-refractivity contribution in [3.8, 4) is 0 Å². The number of aryl methyl sites for hydroxylation is 2. The van der Waals surface area contributed by atoms with E-state index >= 15 is 0 Å². The Kier molecular flexibility index (Phi) is 6.40. The summed E-state index contributed by atoms with van der Waals surface area (Å²) < 4.78 is 5.44.